The predicted octanol–water partition coefficient (Wildman–Crippen LogP) is 2.67. The average molecular weight is 273 g/mol. The summed E-state index contributed by atoms with van der Waals surface area (Å²) in [5.74, 6) is -1.37. The lowest BCUT2D eigenvalue weighted by Crippen LogP contribution is -2.30. The molecule has 20 heavy (non-hydrogen) atoms. The second-order valence-corrected chi connectivity index (χ2v) is 4.97. The number of aryl methyl sites for hydroxylation is 1. The van der Waals surface area contributed by atoms with Gasteiger partial charge in [-0.1, -0.05) is 19.1 Å². The molecule has 1 N–H and O–H groups in total. The van der Waals surface area contributed by atoms with Crippen LogP contribution in [-0.4, -0.2) is 29.9 Å². The van der Waals surface area contributed by atoms with Gasteiger partial charge in [0.2, 0.25) is 0 Å². The number of allylic oxidation sites excluding steroid dienone is 1. The van der Waals surface area contributed by atoms with Gasteiger partial charge in [0, 0.05) is 30.4 Å². The maximum atomic E-state index is 11.9. The molecule has 2 rings (SSSR count). The minimum atomic E-state index is -1.11. The highest BCUT2D eigenvalue weighted by Gasteiger charge is 2.17. The van der Waals surface area contributed by atoms with Crippen LogP contribution in [0.4, 0.5) is 5.69 Å². The minimum absolute atomic E-state index is 0.266. The van der Waals surface area contributed by atoms with E-state index in [4.69, 9.17) is 5.11 Å². The number of anilines is 1. The Balaban J connectivity index is 2.27. The first-order valence-electron chi connectivity index (χ1n) is 6.95. The van der Waals surface area contributed by atoms with Crippen molar-refractivity contribution in [2.75, 3.05) is 18.0 Å². The number of carbonyl (C=O) groups is 2. The van der Waals surface area contributed by atoms with E-state index in [1.54, 1.807) is 6.07 Å². The molecule has 0 aliphatic carbocycles. The van der Waals surface area contributed by atoms with Crippen LogP contribution < -0.4 is 4.90 Å². The van der Waals surface area contributed by atoms with Gasteiger partial charge in [0.05, 0.1) is 0 Å². The fourth-order valence-electron chi connectivity index (χ4n) is 2.55. The van der Waals surface area contributed by atoms with Crippen LogP contribution in [0.15, 0.2) is 30.4 Å². The normalized spacial score (nSPS) is 14.3. The molecule has 0 amide bonds. The molecule has 0 saturated heterocycles. The fraction of sp³-hybridized carbons (Fsp3) is 0.375. The number of fused-ring (bicyclic) bond motifs is 1. The van der Waals surface area contributed by atoms with Crippen molar-refractivity contribution in [3.05, 3.63) is 41.5 Å². The van der Waals surface area contributed by atoms with Crippen molar-refractivity contribution in [2.45, 2.75) is 26.2 Å². The van der Waals surface area contributed by atoms with Crippen molar-refractivity contribution in [1.29, 1.82) is 0 Å². The topological polar surface area (TPSA) is 57.6 Å². The number of nitrogens with zero attached hydrogens (tertiary/aromatic N) is 1. The van der Waals surface area contributed by atoms with E-state index in [0.717, 1.165) is 50.2 Å². The maximum absolute atomic E-state index is 11.9. The fourth-order valence-corrected chi connectivity index (χ4v) is 2.55. The molecule has 1 aromatic rings. The van der Waals surface area contributed by atoms with Gasteiger partial charge < -0.3 is 10.0 Å². The molecule has 0 radical (unpaired) electrons. The third-order valence-corrected chi connectivity index (χ3v) is 3.46. The Morgan fingerprint density at radius 2 is 2.15 bits per heavy atom. The van der Waals surface area contributed by atoms with Gasteiger partial charge in [-0.2, -0.15) is 0 Å². The van der Waals surface area contributed by atoms with Crippen LogP contribution in [0.5, 0.6) is 0 Å². The van der Waals surface area contributed by atoms with Gasteiger partial charge in [-0.05, 0) is 37.0 Å². The van der Waals surface area contributed by atoms with E-state index >= 15 is 0 Å². The molecule has 4 heteroatoms. The largest absolute Gasteiger partial charge is 0.478 e. The lowest BCUT2D eigenvalue weighted by molar-refractivity contribution is -0.131. The van der Waals surface area contributed by atoms with Crippen LogP contribution in [0.2, 0.25) is 0 Å². The Morgan fingerprint density at radius 3 is 2.85 bits per heavy atom. The Kier molecular flexibility index (Phi) is 4.56. The third kappa shape index (κ3) is 3.26. The predicted molar refractivity (Wildman–Crippen MR) is 78.4 cm³/mol. The number of carboxylic acid groups (broad SMARTS) is 1. The van der Waals surface area contributed by atoms with Gasteiger partial charge in [0.15, 0.2) is 5.78 Å². The summed E-state index contributed by atoms with van der Waals surface area (Å²) in [5.41, 5.74) is 2.93. The highest BCUT2D eigenvalue weighted by Crippen LogP contribution is 2.28. The monoisotopic (exact) mass is 273 g/mol. The van der Waals surface area contributed by atoms with Crippen LogP contribution in [0.25, 0.3) is 0 Å². The Hall–Kier alpha value is -2.10. The molecule has 0 atom stereocenters. The van der Waals surface area contributed by atoms with Crippen molar-refractivity contribution in [3.8, 4) is 0 Å². The van der Waals surface area contributed by atoms with Gasteiger partial charge in [-0.3, -0.25) is 4.79 Å². The quantitative estimate of drug-likeness (QED) is 0.662. The number of aliphatic carboxylic acids is 1. The summed E-state index contributed by atoms with van der Waals surface area (Å²) in [6.45, 7) is 4.14. The van der Waals surface area contributed by atoms with E-state index in [9.17, 15) is 9.59 Å². The lowest BCUT2D eigenvalue weighted by atomic mass is 9.98. The van der Waals surface area contributed by atoms with Gasteiger partial charge in [-0.25, -0.2) is 4.79 Å². The second kappa shape index (κ2) is 6.37. The summed E-state index contributed by atoms with van der Waals surface area (Å²) in [6, 6.07) is 5.65. The molecule has 1 aliphatic heterocycles. The molecular weight excluding hydrogens is 254 g/mol. The Morgan fingerprint density at radius 1 is 1.35 bits per heavy atom. The summed E-state index contributed by atoms with van der Waals surface area (Å²) < 4.78 is 0. The molecule has 106 valence electrons. The van der Waals surface area contributed by atoms with Crippen molar-refractivity contribution in [2.24, 2.45) is 0 Å². The minimum Gasteiger partial charge on any atom is -0.478 e. The highest BCUT2D eigenvalue weighted by molar-refractivity contribution is 6.07. The van der Waals surface area contributed by atoms with Gasteiger partial charge in [0.1, 0.15) is 0 Å². The molecule has 1 heterocycles. The first kappa shape index (κ1) is 14.3. The van der Waals surface area contributed by atoms with E-state index in [0.29, 0.717) is 5.56 Å². The summed E-state index contributed by atoms with van der Waals surface area (Å²) in [6.07, 6.45) is 5.23. The average Bonchev–Trinajstić information content (AvgIpc) is 2.45. The van der Waals surface area contributed by atoms with Crippen LogP contribution in [0, 0.1) is 0 Å². The number of hydrogen-bond acceptors (Lipinski definition) is 3. The van der Waals surface area contributed by atoms with Crippen molar-refractivity contribution in [3.63, 3.8) is 0 Å². The second-order valence-electron chi connectivity index (χ2n) is 4.97. The number of ketones is 1. The molecule has 0 aromatic heterocycles. The molecule has 0 bridgehead atoms. The molecule has 4 nitrogen and oxygen atoms in total. The van der Waals surface area contributed by atoms with Crippen LogP contribution in [-0.2, 0) is 11.2 Å². The lowest BCUT2D eigenvalue weighted by Gasteiger charge is -2.31. The SMILES string of the molecule is CCCN1CCCc2ccc(C(=O)/C=C/C(=O)O)cc21. The van der Waals surface area contributed by atoms with Crippen LogP contribution in [0.1, 0.15) is 35.7 Å². The Bertz CT molecular complexity index is 549. The van der Waals surface area contributed by atoms with E-state index < -0.39 is 5.97 Å². The number of rotatable bonds is 5. The summed E-state index contributed by atoms with van der Waals surface area (Å²) in [5, 5.41) is 8.57. The van der Waals surface area contributed by atoms with Crippen molar-refractivity contribution >= 4 is 17.4 Å². The number of carbonyl (C=O) groups excluding carboxylic acids is 1. The first-order valence-corrected chi connectivity index (χ1v) is 6.95. The van der Waals surface area contributed by atoms with Crippen molar-refractivity contribution in [1.82, 2.24) is 0 Å². The standard InChI is InChI=1S/C16H19NO3/c1-2-9-17-10-3-4-12-5-6-13(11-14(12)17)15(18)7-8-16(19)20/h5-8,11H,2-4,9-10H2,1H3,(H,19,20)/b8-7+. The summed E-state index contributed by atoms with van der Waals surface area (Å²) >= 11 is 0. The Labute approximate surface area is 118 Å². The van der Waals surface area contributed by atoms with E-state index in [-0.39, 0.29) is 5.78 Å². The van der Waals surface area contributed by atoms with Crippen LogP contribution >= 0.6 is 0 Å². The highest BCUT2D eigenvalue weighted by atomic mass is 16.4. The van der Waals surface area contributed by atoms with Crippen LogP contribution in [0.3, 0.4) is 0 Å². The number of benzene rings is 1. The zero-order valence-corrected chi connectivity index (χ0v) is 11.6. The number of carboxylic acids is 1. The molecule has 0 saturated carbocycles. The van der Waals surface area contributed by atoms with E-state index in [1.807, 2.05) is 12.1 Å². The smallest absolute Gasteiger partial charge is 0.328 e. The molecule has 1 aliphatic rings. The maximum Gasteiger partial charge on any atom is 0.328 e. The summed E-state index contributed by atoms with van der Waals surface area (Å²) in [4.78, 5) is 24.7. The molecular formula is C16H19NO3. The van der Waals surface area contributed by atoms with E-state index in [2.05, 4.69) is 11.8 Å². The molecule has 0 spiro atoms. The van der Waals surface area contributed by atoms with Gasteiger partial charge in [-0.15, -0.1) is 0 Å². The zero-order valence-electron chi connectivity index (χ0n) is 11.6. The first-order chi connectivity index (χ1) is 9.61. The molecule has 0 fully saturated rings. The summed E-state index contributed by atoms with van der Waals surface area (Å²) in [7, 11) is 0. The molecule has 0 unspecified atom stereocenters. The molecule has 1 aromatic carbocycles. The zero-order chi connectivity index (χ0) is 14.5. The van der Waals surface area contributed by atoms with E-state index in [1.165, 1.54) is 5.56 Å². The third-order valence-electron chi connectivity index (χ3n) is 3.46. The van der Waals surface area contributed by atoms with Gasteiger partial charge >= 0.3 is 5.97 Å². The van der Waals surface area contributed by atoms with Crippen molar-refractivity contribution < 1.29 is 14.7 Å². The number of hydrogen-bond donors (Lipinski definition) is 1. The van der Waals surface area contributed by atoms with Gasteiger partial charge in [0.25, 0.3) is 0 Å².